The fourth-order valence-corrected chi connectivity index (χ4v) is 1.66. The van der Waals surface area contributed by atoms with Crippen LogP contribution in [0, 0.1) is 21.4 Å². The summed E-state index contributed by atoms with van der Waals surface area (Å²) in [4.78, 5) is 10.2. The monoisotopic (exact) mass is 273 g/mol. The number of rotatable bonds is 5. The molecule has 2 aromatic rings. The molecule has 8 heteroatoms. The van der Waals surface area contributed by atoms with Crippen molar-refractivity contribution >= 4 is 17.1 Å². The van der Waals surface area contributed by atoms with Gasteiger partial charge in [0.2, 0.25) is 0 Å². The van der Waals surface area contributed by atoms with E-state index in [1.165, 1.54) is 29.1 Å². The molecule has 0 radical (unpaired) electrons. The van der Waals surface area contributed by atoms with E-state index in [1.54, 1.807) is 6.20 Å². The summed E-state index contributed by atoms with van der Waals surface area (Å²) < 4.78 is 1.52. The Morgan fingerprint density at radius 1 is 1.55 bits per heavy atom. The number of hydrogen-bond acceptors (Lipinski definition) is 6. The van der Waals surface area contributed by atoms with Crippen LogP contribution < -0.4 is 5.32 Å². The molecule has 0 fully saturated rings. The van der Waals surface area contributed by atoms with Gasteiger partial charge in [-0.25, -0.2) is 0 Å². The molecule has 1 aromatic carbocycles. The second-order valence-corrected chi connectivity index (χ2v) is 3.94. The van der Waals surface area contributed by atoms with Gasteiger partial charge < -0.3 is 10.4 Å². The third-order valence-electron chi connectivity index (χ3n) is 2.58. The molecule has 0 saturated heterocycles. The van der Waals surface area contributed by atoms with Gasteiger partial charge >= 0.3 is 0 Å². The molecular weight excluding hydrogens is 262 g/mol. The maximum absolute atomic E-state index is 10.7. The molecule has 0 aliphatic rings. The number of nitriles is 1. The van der Waals surface area contributed by atoms with Crippen LogP contribution in [0.25, 0.3) is 0 Å². The fraction of sp³-hybridized carbons (Fsp3) is 0.167. The molecule has 1 aromatic heterocycles. The maximum Gasteiger partial charge on any atom is 0.271 e. The standard InChI is InChI=1S/C12H11N5O3/c13-6-9-1-2-11(17(19)20)5-12(9)15-10-7-14-16(8-10)3-4-18/h1-2,5,7-8,15,18H,3-4H2. The highest BCUT2D eigenvalue weighted by Gasteiger charge is 2.11. The average Bonchev–Trinajstić information content (AvgIpc) is 2.86. The van der Waals surface area contributed by atoms with Crippen molar-refractivity contribution in [2.24, 2.45) is 0 Å². The predicted octanol–water partition coefficient (Wildman–Crippen LogP) is 1.40. The normalized spacial score (nSPS) is 10.0. The first-order valence-electron chi connectivity index (χ1n) is 5.73. The number of non-ortho nitro benzene ring substituents is 1. The largest absolute Gasteiger partial charge is 0.394 e. The molecule has 0 aliphatic carbocycles. The Morgan fingerprint density at radius 3 is 3.00 bits per heavy atom. The van der Waals surface area contributed by atoms with Crippen molar-refractivity contribution in [2.75, 3.05) is 11.9 Å². The summed E-state index contributed by atoms with van der Waals surface area (Å²) in [7, 11) is 0. The van der Waals surface area contributed by atoms with Crippen molar-refractivity contribution in [3.63, 3.8) is 0 Å². The zero-order valence-electron chi connectivity index (χ0n) is 10.4. The molecule has 0 aliphatic heterocycles. The smallest absolute Gasteiger partial charge is 0.271 e. The fourth-order valence-electron chi connectivity index (χ4n) is 1.66. The Morgan fingerprint density at radius 2 is 2.35 bits per heavy atom. The van der Waals surface area contributed by atoms with E-state index in [2.05, 4.69) is 10.4 Å². The lowest BCUT2D eigenvalue weighted by Gasteiger charge is -2.05. The molecular formula is C12H11N5O3. The summed E-state index contributed by atoms with van der Waals surface area (Å²) in [5.41, 5.74) is 1.11. The summed E-state index contributed by atoms with van der Waals surface area (Å²) >= 11 is 0. The summed E-state index contributed by atoms with van der Waals surface area (Å²) in [5.74, 6) is 0. The van der Waals surface area contributed by atoms with E-state index in [9.17, 15) is 10.1 Å². The number of anilines is 2. The first-order chi connectivity index (χ1) is 9.63. The molecule has 0 amide bonds. The number of hydrogen-bond donors (Lipinski definition) is 2. The van der Waals surface area contributed by atoms with Gasteiger partial charge in [-0.1, -0.05) is 0 Å². The number of nitro groups is 1. The number of benzene rings is 1. The van der Waals surface area contributed by atoms with E-state index in [1.807, 2.05) is 6.07 Å². The SMILES string of the molecule is N#Cc1ccc([N+](=O)[O-])cc1Nc1cnn(CCO)c1. The van der Waals surface area contributed by atoms with Crippen molar-refractivity contribution in [3.8, 4) is 6.07 Å². The summed E-state index contributed by atoms with van der Waals surface area (Å²) in [5, 5.41) is 35.4. The molecule has 0 atom stereocenters. The van der Waals surface area contributed by atoms with Crippen LogP contribution in [0.4, 0.5) is 17.1 Å². The number of aromatic nitrogens is 2. The average molecular weight is 273 g/mol. The van der Waals surface area contributed by atoms with E-state index in [-0.39, 0.29) is 12.3 Å². The van der Waals surface area contributed by atoms with Crippen LogP contribution in [-0.4, -0.2) is 26.4 Å². The van der Waals surface area contributed by atoms with E-state index in [0.29, 0.717) is 23.5 Å². The minimum absolute atomic E-state index is 0.0403. The van der Waals surface area contributed by atoms with Gasteiger partial charge in [0.25, 0.3) is 5.69 Å². The predicted molar refractivity (Wildman–Crippen MR) is 70.4 cm³/mol. The summed E-state index contributed by atoms with van der Waals surface area (Å²) in [6.07, 6.45) is 3.14. The quantitative estimate of drug-likeness (QED) is 0.628. The van der Waals surface area contributed by atoms with Crippen molar-refractivity contribution < 1.29 is 10.0 Å². The van der Waals surface area contributed by atoms with Crippen molar-refractivity contribution in [1.82, 2.24) is 9.78 Å². The van der Waals surface area contributed by atoms with Crippen LogP contribution in [0.1, 0.15) is 5.56 Å². The van der Waals surface area contributed by atoms with Gasteiger partial charge in [0.15, 0.2) is 0 Å². The van der Waals surface area contributed by atoms with Crippen LogP contribution in [-0.2, 0) is 6.54 Å². The first-order valence-corrected chi connectivity index (χ1v) is 5.73. The minimum Gasteiger partial charge on any atom is -0.394 e. The molecule has 0 bridgehead atoms. The Labute approximate surface area is 114 Å². The summed E-state index contributed by atoms with van der Waals surface area (Å²) in [6.45, 7) is 0.309. The van der Waals surface area contributed by atoms with Crippen molar-refractivity contribution in [2.45, 2.75) is 6.54 Å². The van der Waals surface area contributed by atoms with Crippen LogP contribution >= 0.6 is 0 Å². The van der Waals surface area contributed by atoms with Gasteiger partial charge in [-0.05, 0) is 6.07 Å². The van der Waals surface area contributed by atoms with Gasteiger partial charge in [-0.2, -0.15) is 10.4 Å². The highest BCUT2D eigenvalue weighted by Crippen LogP contribution is 2.25. The topological polar surface area (TPSA) is 117 Å². The minimum atomic E-state index is -0.526. The van der Waals surface area contributed by atoms with E-state index < -0.39 is 4.92 Å². The second-order valence-electron chi connectivity index (χ2n) is 3.94. The van der Waals surface area contributed by atoms with E-state index >= 15 is 0 Å². The third-order valence-corrected chi connectivity index (χ3v) is 2.58. The maximum atomic E-state index is 10.7. The van der Waals surface area contributed by atoms with Crippen LogP contribution in [0.2, 0.25) is 0 Å². The molecule has 102 valence electrons. The molecule has 0 saturated carbocycles. The number of aliphatic hydroxyl groups excluding tert-OH is 1. The lowest BCUT2D eigenvalue weighted by molar-refractivity contribution is -0.384. The second kappa shape index (κ2) is 5.81. The van der Waals surface area contributed by atoms with Gasteiger partial charge in [-0.15, -0.1) is 0 Å². The van der Waals surface area contributed by atoms with Crippen LogP contribution in [0.15, 0.2) is 30.6 Å². The zero-order valence-corrected chi connectivity index (χ0v) is 10.4. The Hall–Kier alpha value is -2.92. The van der Waals surface area contributed by atoms with Gasteiger partial charge in [-0.3, -0.25) is 14.8 Å². The van der Waals surface area contributed by atoms with Gasteiger partial charge in [0.05, 0.1) is 41.2 Å². The lowest BCUT2D eigenvalue weighted by Crippen LogP contribution is -2.01. The first kappa shape index (κ1) is 13.5. The van der Waals surface area contributed by atoms with E-state index in [4.69, 9.17) is 10.4 Å². The number of nitro benzene ring substituents is 1. The number of nitrogens with one attached hydrogen (secondary N) is 1. The Bertz CT molecular complexity index is 674. The highest BCUT2D eigenvalue weighted by molar-refractivity contribution is 5.68. The molecule has 0 spiro atoms. The van der Waals surface area contributed by atoms with Gasteiger partial charge in [0, 0.05) is 18.3 Å². The molecule has 1 heterocycles. The molecule has 20 heavy (non-hydrogen) atoms. The molecule has 2 N–H and O–H groups in total. The lowest BCUT2D eigenvalue weighted by atomic mass is 10.1. The van der Waals surface area contributed by atoms with E-state index in [0.717, 1.165) is 0 Å². The third kappa shape index (κ3) is 2.90. The van der Waals surface area contributed by atoms with Crippen molar-refractivity contribution in [3.05, 3.63) is 46.3 Å². The Kier molecular flexibility index (Phi) is 3.93. The Balaban J connectivity index is 2.28. The summed E-state index contributed by atoms with van der Waals surface area (Å²) in [6, 6.07) is 5.92. The van der Waals surface area contributed by atoms with Crippen molar-refractivity contribution in [1.29, 1.82) is 5.26 Å². The highest BCUT2D eigenvalue weighted by atomic mass is 16.6. The number of aliphatic hydroxyl groups is 1. The van der Waals surface area contributed by atoms with Crippen LogP contribution in [0.3, 0.4) is 0 Å². The molecule has 8 nitrogen and oxygen atoms in total. The van der Waals surface area contributed by atoms with Gasteiger partial charge in [0.1, 0.15) is 6.07 Å². The van der Waals surface area contributed by atoms with Crippen LogP contribution in [0.5, 0.6) is 0 Å². The number of nitrogens with zero attached hydrogens (tertiary/aromatic N) is 4. The molecule has 0 unspecified atom stereocenters. The molecule has 2 rings (SSSR count). The zero-order chi connectivity index (χ0) is 14.5.